The zero-order chi connectivity index (χ0) is 23.2. The van der Waals surface area contributed by atoms with Gasteiger partial charge >= 0.3 is 0 Å². The van der Waals surface area contributed by atoms with E-state index in [1.54, 1.807) is 13.8 Å². The molecule has 1 aromatic carbocycles. The number of amides is 2. The predicted octanol–water partition coefficient (Wildman–Crippen LogP) is 2.69. The summed E-state index contributed by atoms with van der Waals surface area (Å²) in [5, 5.41) is 6.99. The van der Waals surface area contributed by atoms with Gasteiger partial charge in [0.25, 0.3) is 17.7 Å². The van der Waals surface area contributed by atoms with Crippen molar-refractivity contribution in [2.24, 2.45) is 5.73 Å². The molecule has 2 aromatic heterocycles. The molecule has 1 atom stereocenters. The van der Waals surface area contributed by atoms with E-state index < -0.39 is 42.6 Å². The molecular weight excluding hydrogens is 425 g/mol. The number of imidazole rings is 1. The SMILES string of the molecule is CC(C)NC(=O)c1ccc(F)cc1C1CC(F)(F)CN1c1ccc2ncc(C(N)=O)n2n1. The van der Waals surface area contributed by atoms with E-state index in [2.05, 4.69) is 15.4 Å². The van der Waals surface area contributed by atoms with Crippen LogP contribution in [0.3, 0.4) is 0 Å². The van der Waals surface area contributed by atoms with Crippen LogP contribution in [0.4, 0.5) is 19.0 Å². The summed E-state index contributed by atoms with van der Waals surface area (Å²) in [6.45, 7) is 2.83. The van der Waals surface area contributed by atoms with Crippen molar-refractivity contribution in [2.45, 2.75) is 38.3 Å². The van der Waals surface area contributed by atoms with Crippen LogP contribution in [0.5, 0.6) is 0 Å². The van der Waals surface area contributed by atoms with Crippen molar-refractivity contribution in [3.05, 3.63) is 59.2 Å². The highest BCUT2D eigenvalue weighted by molar-refractivity contribution is 5.96. The van der Waals surface area contributed by atoms with E-state index >= 15 is 0 Å². The minimum atomic E-state index is -3.11. The van der Waals surface area contributed by atoms with Crippen molar-refractivity contribution in [1.29, 1.82) is 0 Å². The molecule has 0 saturated carbocycles. The molecule has 0 aliphatic carbocycles. The number of hydrogen-bond acceptors (Lipinski definition) is 5. The zero-order valence-corrected chi connectivity index (χ0v) is 17.3. The number of fused-ring (bicyclic) bond motifs is 1. The molecule has 3 heterocycles. The van der Waals surface area contributed by atoms with E-state index in [-0.39, 0.29) is 28.7 Å². The van der Waals surface area contributed by atoms with Crippen LogP contribution in [0.2, 0.25) is 0 Å². The van der Waals surface area contributed by atoms with Crippen molar-refractivity contribution >= 4 is 23.3 Å². The van der Waals surface area contributed by atoms with Crippen molar-refractivity contribution in [2.75, 3.05) is 11.4 Å². The summed E-state index contributed by atoms with van der Waals surface area (Å²) in [4.78, 5) is 29.7. The largest absolute Gasteiger partial charge is 0.364 e. The van der Waals surface area contributed by atoms with Crippen LogP contribution in [-0.4, -0.2) is 44.9 Å². The topological polar surface area (TPSA) is 106 Å². The van der Waals surface area contributed by atoms with Gasteiger partial charge in [-0.05, 0) is 49.7 Å². The molecule has 8 nitrogen and oxygen atoms in total. The van der Waals surface area contributed by atoms with Gasteiger partial charge in [-0.3, -0.25) is 9.59 Å². The fraction of sp³-hybridized carbons (Fsp3) is 0.333. The minimum absolute atomic E-state index is 0.00730. The van der Waals surface area contributed by atoms with Crippen molar-refractivity contribution in [3.8, 4) is 0 Å². The number of nitrogens with one attached hydrogen (secondary N) is 1. The summed E-state index contributed by atoms with van der Waals surface area (Å²) in [6.07, 6.45) is 0.607. The Morgan fingerprint density at radius 2 is 2.00 bits per heavy atom. The van der Waals surface area contributed by atoms with Gasteiger partial charge in [0, 0.05) is 18.0 Å². The lowest BCUT2D eigenvalue weighted by atomic mass is 9.96. The predicted molar refractivity (Wildman–Crippen MR) is 110 cm³/mol. The molecule has 4 rings (SSSR count). The number of nitrogens with two attached hydrogens (primary N) is 1. The lowest BCUT2D eigenvalue weighted by Gasteiger charge is -2.27. The lowest BCUT2D eigenvalue weighted by molar-refractivity contribution is 0.0222. The average Bonchev–Trinajstić information content (AvgIpc) is 3.27. The fourth-order valence-corrected chi connectivity index (χ4v) is 3.88. The van der Waals surface area contributed by atoms with Gasteiger partial charge in [-0.1, -0.05) is 0 Å². The highest BCUT2D eigenvalue weighted by Gasteiger charge is 2.47. The van der Waals surface area contributed by atoms with E-state index in [0.29, 0.717) is 5.65 Å². The molecule has 0 spiro atoms. The standard InChI is InChI=1S/C21H21F3N6O2/c1-11(2)27-20(32)13-4-3-12(22)7-14(13)15-8-21(23,24)10-29(15)18-6-5-17-26-9-16(19(25)31)30(17)28-18/h3-7,9,11,15H,8,10H2,1-2H3,(H2,25,31)(H,27,32). The van der Waals surface area contributed by atoms with E-state index in [9.17, 15) is 22.8 Å². The van der Waals surface area contributed by atoms with Gasteiger partial charge < -0.3 is 16.0 Å². The Kier molecular flexibility index (Phi) is 5.27. The molecule has 1 aliphatic rings. The quantitative estimate of drug-likeness (QED) is 0.627. The second-order valence-corrected chi connectivity index (χ2v) is 8.03. The van der Waals surface area contributed by atoms with E-state index in [0.717, 1.165) is 12.1 Å². The maximum Gasteiger partial charge on any atom is 0.269 e. The third kappa shape index (κ3) is 3.97. The second kappa shape index (κ2) is 7.81. The number of primary amides is 1. The average molecular weight is 446 g/mol. The maximum absolute atomic E-state index is 14.6. The molecule has 2 amide bonds. The molecule has 1 aliphatic heterocycles. The van der Waals surface area contributed by atoms with Gasteiger partial charge in [-0.25, -0.2) is 22.7 Å². The van der Waals surface area contributed by atoms with E-state index in [1.807, 2.05) is 0 Å². The van der Waals surface area contributed by atoms with Gasteiger partial charge in [0.2, 0.25) is 0 Å². The smallest absolute Gasteiger partial charge is 0.269 e. The van der Waals surface area contributed by atoms with Gasteiger partial charge in [-0.2, -0.15) is 0 Å². The van der Waals surface area contributed by atoms with Crippen LogP contribution in [0.1, 0.15) is 52.7 Å². The summed E-state index contributed by atoms with van der Waals surface area (Å²) >= 11 is 0. The van der Waals surface area contributed by atoms with Gasteiger partial charge in [0.1, 0.15) is 17.3 Å². The normalized spacial score (nSPS) is 17.8. The Morgan fingerprint density at radius 3 is 2.69 bits per heavy atom. The number of carbonyl (C=O) groups is 2. The molecule has 168 valence electrons. The first kappa shape index (κ1) is 21.6. The Labute approximate surface area is 181 Å². The van der Waals surface area contributed by atoms with Crippen molar-refractivity contribution < 1.29 is 22.8 Å². The minimum Gasteiger partial charge on any atom is -0.364 e. The molecular formula is C21H21F3N6O2. The molecule has 1 unspecified atom stereocenters. The third-order valence-electron chi connectivity index (χ3n) is 5.20. The van der Waals surface area contributed by atoms with E-state index in [4.69, 9.17) is 5.73 Å². The Bertz CT molecular complexity index is 1210. The maximum atomic E-state index is 14.6. The summed E-state index contributed by atoms with van der Waals surface area (Å²) < 4.78 is 44.4. The molecule has 32 heavy (non-hydrogen) atoms. The van der Waals surface area contributed by atoms with Crippen LogP contribution in [0.15, 0.2) is 36.5 Å². The Hall–Kier alpha value is -3.63. The number of hydrogen-bond donors (Lipinski definition) is 2. The number of alkyl halides is 2. The third-order valence-corrected chi connectivity index (χ3v) is 5.20. The zero-order valence-electron chi connectivity index (χ0n) is 17.3. The highest BCUT2D eigenvalue weighted by Crippen LogP contribution is 2.44. The van der Waals surface area contributed by atoms with Crippen molar-refractivity contribution in [1.82, 2.24) is 19.9 Å². The molecule has 0 bridgehead atoms. The summed E-state index contributed by atoms with van der Waals surface area (Å²) in [5.41, 5.74) is 5.88. The Balaban J connectivity index is 1.82. The number of benzene rings is 1. The van der Waals surface area contributed by atoms with Crippen LogP contribution in [-0.2, 0) is 0 Å². The van der Waals surface area contributed by atoms with Crippen LogP contribution in [0, 0.1) is 5.82 Å². The first-order valence-corrected chi connectivity index (χ1v) is 9.95. The molecule has 1 saturated heterocycles. The highest BCUT2D eigenvalue weighted by atomic mass is 19.3. The van der Waals surface area contributed by atoms with Crippen LogP contribution in [0.25, 0.3) is 5.65 Å². The molecule has 1 fully saturated rings. The number of nitrogens with zero attached hydrogens (tertiary/aromatic N) is 4. The first-order valence-electron chi connectivity index (χ1n) is 9.95. The Morgan fingerprint density at radius 1 is 1.25 bits per heavy atom. The van der Waals surface area contributed by atoms with Gasteiger partial charge in [0.15, 0.2) is 5.65 Å². The van der Waals surface area contributed by atoms with Gasteiger partial charge in [0.05, 0.1) is 18.8 Å². The summed E-state index contributed by atoms with van der Waals surface area (Å²) in [6, 6.07) is 5.27. The van der Waals surface area contributed by atoms with Crippen LogP contribution < -0.4 is 16.0 Å². The van der Waals surface area contributed by atoms with Crippen molar-refractivity contribution in [3.63, 3.8) is 0 Å². The van der Waals surface area contributed by atoms with Crippen LogP contribution >= 0.6 is 0 Å². The number of anilines is 1. The molecule has 3 aromatic rings. The first-order chi connectivity index (χ1) is 15.1. The number of halogens is 3. The lowest BCUT2D eigenvalue weighted by Crippen LogP contribution is -2.33. The number of aromatic nitrogens is 3. The monoisotopic (exact) mass is 446 g/mol. The van der Waals surface area contributed by atoms with E-state index in [1.165, 1.54) is 33.8 Å². The fourth-order valence-electron chi connectivity index (χ4n) is 3.88. The second-order valence-electron chi connectivity index (χ2n) is 8.03. The number of carbonyl (C=O) groups excluding carboxylic acids is 2. The molecule has 3 N–H and O–H groups in total. The summed E-state index contributed by atoms with van der Waals surface area (Å²) in [7, 11) is 0. The molecule has 11 heteroatoms. The van der Waals surface area contributed by atoms with Gasteiger partial charge in [-0.15, -0.1) is 5.10 Å². The summed E-state index contributed by atoms with van der Waals surface area (Å²) in [5.74, 6) is -4.91. The number of rotatable bonds is 5. The molecule has 0 radical (unpaired) electrons.